The summed E-state index contributed by atoms with van der Waals surface area (Å²) in [7, 11) is 0. The van der Waals surface area contributed by atoms with Crippen LogP contribution in [0, 0.1) is 15.9 Å². The second-order valence-corrected chi connectivity index (χ2v) is 5.89. The number of anilines is 1. The molecule has 2 N–H and O–H groups in total. The van der Waals surface area contributed by atoms with Crippen molar-refractivity contribution in [2.75, 3.05) is 18.4 Å². The van der Waals surface area contributed by atoms with Gasteiger partial charge in [0.2, 0.25) is 5.91 Å². The molecule has 1 amide bonds. The molecule has 2 aromatic rings. The van der Waals surface area contributed by atoms with Gasteiger partial charge < -0.3 is 10.6 Å². The first-order chi connectivity index (χ1) is 13.2. The van der Waals surface area contributed by atoms with Crippen molar-refractivity contribution in [1.29, 1.82) is 0 Å². The highest BCUT2D eigenvalue weighted by atomic mass is 19.4. The zero-order valence-corrected chi connectivity index (χ0v) is 14.6. The Hall–Kier alpha value is -3.17. The first kappa shape index (κ1) is 21.1. The second-order valence-electron chi connectivity index (χ2n) is 5.89. The van der Waals surface area contributed by atoms with Gasteiger partial charge in [0, 0.05) is 25.6 Å². The van der Waals surface area contributed by atoms with Crippen molar-refractivity contribution in [3.63, 3.8) is 0 Å². The molecule has 0 fully saturated rings. The summed E-state index contributed by atoms with van der Waals surface area (Å²) in [5.41, 5.74) is -1.09. The van der Waals surface area contributed by atoms with E-state index >= 15 is 0 Å². The van der Waals surface area contributed by atoms with Gasteiger partial charge in [-0.25, -0.2) is 4.39 Å². The van der Waals surface area contributed by atoms with Gasteiger partial charge in [-0.2, -0.15) is 13.2 Å². The van der Waals surface area contributed by atoms with Crippen LogP contribution in [0.5, 0.6) is 0 Å². The molecule has 0 atom stereocenters. The zero-order valence-electron chi connectivity index (χ0n) is 14.6. The van der Waals surface area contributed by atoms with E-state index in [0.717, 1.165) is 17.7 Å². The van der Waals surface area contributed by atoms with E-state index in [1.807, 2.05) is 0 Å². The standard InChI is InChI=1S/C18H17F4N3O3/c19-14-4-1-12(2-5-14)7-9-24-17(26)8-10-23-15-6-3-13(18(20,21)22)11-16(15)25(27)28/h1-6,11,23H,7-10H2,(H,24,26). The average molecular weight is 399 g/mol. The van der Waals surface area contributed by atoms with Crippen LogP contribution in [0.4, 0.5) is 28.9 Å². The third-order valence-corrected chi connectivity index (χ3v) is 3.84. The molecular weight excluding hydrogens is 382 g/mol. The van der Waals surface area contributed by atoms with Gasteiger partial charge in [-0.3, -0.25) is 14.9 Å². The van der Waals surface area contributed by atoms with Crippen LogP contribution < -0.4 is 10.6 Å². The number of nitrogens with zero attached hydrogens (tertiary/aromatic N) is 1. The number of nitro groups is 1. The van der Waals surface area contributed by atoms with E-state index in [-0.39, 0.29) is 30.4 Å². The predicted octanol–water partition coefficient (Wildman–Crippen LogP) is 3.91. The minimum absolute atomic E-state index is 0.00852. The second kappa shape index (κ2) is 9.16. The number of alkyl halides is 3. The maximum Gasteiger partial charge on any atom is 0.416 e. The minimum Gasteiger partial charge on any atom is -0.379 e. The van der Waals surface area contributed by atoms with E-state index in [2.05, 4.69) is 10.6 Å². The van der Waals surface area contributed by atoms with Crippen molar-refractivity contribution in [1.82, 2.24) is 5.32 Å². The van der Waals surface area contributed by atoms with Gasteiger partial charge in [-0.05, 0) is 36.2 Å². The number of hydrogen-bond donors (Lipinski definition) is 2. The van der Waals surface area contributed by atoms with Gasteiger partial charge in [0.25, 0.3) is 5.69 Å². The van der Waals surface area contributed by atoms with Gasteiger partial charge in [0.05, 0.1) is 10.5 Å². The van der Waals surface area contributed by atoms with Crippen LogP contribution >= 0.6 is 0 Å². The summed E-state index contributed by atoms with van der Waals surface area (Å²) in [6.45, 7) is 0.333. The molecule has 0 unspecified atom stereocenters. The lowest BCUT2D eigenvalue weighted by atomic mass is 10.1. The summed E-state index contributed by atoms with van der Waals surface area (Å²) < 4.78 is 50.8. The van der Waals surface area contributed by atoms with E-state index in [4.69, 9.17) is 0 Å². The molecule has 2 aromatic carbocycles. The summed E-state index contributed by atoms with van der Waals surface area (Å²) >= 11 is 0. The lowest BCUT2D eigenvalue weighted by molar-refractivity contribution is -0.384. The highest BCUT2D eigenvalue weighted by molar-refractivity contribution is 5.76. The molecule has 0 aliphatic heterocycles. The van der Waals surface area contributed by atoms with Crippen LogP contribution in [-0.4, -0.2) is 23.9 Å². The molecule has 0 aliphatic carbocycles. The highest BCUT2D eigenvalue weighted by Crippen LogP contribution is 2.34. The number of halogens is 4. The fourth-order valence-corrected chi connectivity index (χ4v) is 2.40. The van der Waals surface area contributed by atoms with Gasteiger partial charge in [-0.1, -0.05) is 12.1 Å². The maximum atomic E-state index is 12.8. The number of amides is 1. The Morgan fingerprint density at radius 2 is 1.75 bits per heavy atom. The van der Waals surface area contributed by atoms with E-state index in [9.17, 15) is 32.5 Å². The van der Waals surface area contributed by atoms with Crippen molar-refractivity contribution < 1.29 is 27.3 Å². The summed E-state index contributed by atoms with van der Waals surface area (Å²) in [5, 5.41) is 16.2. The normalized spacial score (nSPS) is 11.1. The van der Waals surface area contributed by atoms with Crippen molar-refractivity contribution in [2.45, 2.75) is 19.0 Å². The highest BCUT2D eigenvalue weighted by Gasteiger charge is 2.33. The van der Waals surface area contributed by atoms with E-state index < -0.39 is 22.4 Å². The van der Waals surface area contributed by atoms with Crippen LogP contribution in [0.1, 0.15) is 17.5 Å². The Morgan fingerprint density at radius 3 is 2.36 bits per heavy atom. The van der Waals surface area contributed by atoms with Crippen molar-refractivity contribution in [3.8, 4) is 0 Å². The monoisotopic (exact) mass is 399 g/mol. The fourth-order valence-electron chi connectivity index (χ4n) is 2.40. The van der Waals surface area contributed by atoms with E-state index in [1.54, 1.807) is 12.1 Å². The van der Waals surface area contributed by atoms with E-state index in [0.29, 0.717) is 19.0 Å². The number of nitrogens with one attached hydrogen (secondary N) is 2. The van der Waals surface area contributed by atoms with Crippen LogP contribution in [0.25, 0.3) is 0 Å². The van der Waals surface area contributed by atoms with Crippen LogP contribution in [0.3, 0.4) is 0 Å². The molecule has 0 bridgehead atoms. The fraction of sp³-hybridized carbons (Fsp3) is 0.278. The minimum atomic E-state index is -4.69. The van der Waals surface area contributed by atoms with Gasteiger partial charge in [0.15, 0.2) is 0 Å². The molecule has 0 aromatic heterocycles. The number of benzene rings is 2. The summed E-state index contributed by atoms with van der Waals surface area (Å²) in [6.07, 6.45) is -4.21. The Kier molecular flexibility index (Phi) is 6.91. The summed E-state index contributed by atoms with van der Waals surface area (Å²) in [5.74, 6) is -0.680. The Bertz CT molecular complexity index is 839. The molecule has 0 saturated heterocycles. The number of hydrogen-bond acceptors (Lipinski definition) is 4. The maximum absolute atomic E-state index is 12.8. The first-order valence-electron chi connectivity index (χ1n) is 8.27. The van der Waals surface area contributed by atoms with Crippen LogP contribution in [-0.2, 0) is 17.4 Å². The molecular formula is C18H17F4N3O3. The number of carbonyl (C=O) groups is 1. The molecule has 150 valence electrons. The number of carbonyl (C=O) groups excluding carboxylic acids is 1. The van der Waals surface area contributed by atoms with Crippen LogP contribution in [0.2, 0.25) is 0 Å². The van der Waals surface area contributed by atoms with Crippen molar-refractivity contribution in [3.05, 3.63) is 69.5 Å². The quantitative estimate of drug-likeness (QED) is 0.400. The molecule has 0 heterocycles. The molecule has 0 radical (unpaired) electrons. The smallest absolute Gasteiger partial charge is 0.379 e. The largest absolute Gasteiger partial charge is 0.416 e. The number of rotatable bonds is 8. The van der Waals surface area contributed by atoms with Gasteiger partial charge in [-0.15, -0.1) is 0 Å². The lowest BCUT2D eigenvalue weighted by Crippen LogP contribution is -2.27. The SMILES string of the molecule is O=C(CCNc1ccc(C(F)(F)F)cc1[N+](=O)[O-])NCCc1ccc(F)cc1. The topological polar surface area (TPSA) is 84.3 Å². The third-order valence-electron chi connectivity index (χ3n) is 3.84. The summed E-state index contributed by atoms with van der Waals surface area (Å²) in [4.78, 5) is 21.9. The Balaban J connectivity index is 1.82. The Morgan fingerprint density at radius 1 is 1.07 bits per heavy atom. The van der Waals surface area contributed by atoms with Crippen molar-refractivity contribution in [2.24, 2.45) is 0 Å². The van der Waals surface area contributed by atoms with Crippen molar-refractivity contribution >= 4 is 17.3 Å². The molecule has 28 heavy (non-hydrogen) atoms. The predicted molar refractivity (Wildman–Crippen MR) is 94.3 cm³/mol. The lowest BCUT2D eigenvalue weighted by Gasteiger charge is -2.11. The molecule has 10 heteroatoms. The molecule has 0 aliphatic rings. The van der Waals surface area contributed by atoms with Crippen LogP contribution in [0.15, 0.2) is 42.5 Å². The molecule has 6 nitrogen and oxygen atoms in total. The molecule has 2 rings (SSSR count). The number of nitro benzene ring substituents is 1. The van der Waals surface area contributed by atoms with Gasteiger partial charge >= 0.3 is 6.18 Å². The average Bonchev–Trinajstić information content (AvgIpc) is 2.62. The first-order valence-corrected chi connectivity index (χ1v) is 8.27. The third kappa shape index (κ3) is 6.22. The molecule has 0 saturated carbocycles. The van der Waals surface area contributed by atoms with E-state index in [1.165, 1.54) is 12.1 Å². The van der Waals surface area contributed by atoms with Gasteiger partial charge in [0.1, 0.15) is 11.5 Å². The Labute approximate surface area is 157 Å². The summed E-state index contributed by atoms with van der Waals surface area (Å²) in [6, 6.07) is 7.99. The molecule has 0 spiro atoms. The zero-order chi connectivity index (χ0) is 20.7.